The molecule has 0 aliphatic rings. The molecule has 16 heavy (non-hydrogen) atoms. The Kier molecular flexibility index (Phi) is 7.53. The average molecular weight is 219 g/mol. The van der Waals surface area contributed by atoms with Gasteiger partial charge in [-0.1, -0.05) is 39.8 Å². The largest absolute Gasteiger partial charge is 0.258 e. The Labute approximate surface area is 101 Å². The van der Waals surface area contributed by atoms with E-state index in [1.165, 1.54) is 11.1 Å². The molecule has 0 aliphatic heterocycles. The van der Waals surface area contributed by atoms with Crippen LogP contribution >= 0.6 is 0 Å². The van der Waals surface area contributed by atoms with Gasteiger partial charge in [-0.3, -0.25) is 4.99 Å². The van der Waals surface area contributed by atoms with Gasteiger partial charge in [0.2, 0.25) is 0 Å². The van der Waals surface area contributed by atoms with E-state index in [4.69, 9.17) is 0 Å². The van der Waals surface area contributed by atoms with Crippen LogP contribution in [0.4, 0.5) is 5.69 Å². The monoisotopic (exact) mass is 219 g/mol. The van der Waals surface area contributed by atoms with Crippen molar-refractivity contribution in [3.63, 3.8) is 0 Å². The van der Waals surface area contributed by atoms with Crippen LogP contribution in [0.25, 0.3) is 0 Å². The first-order chi connectivity index (χ1) is 7.67. The summed E-state index contributed by atoms with van der Waals surface area (Å²) in [6.07, 6.45) is 2.13. The standard InChI is InChI=1S/C13H19N.C2H6/c1-5-11-7-8-12(6-2)13(9-11)14-10(3)4;1-2/h7-9H,5-6H2,1-4H3;1-2H3. The molecule has 0 fully saturated rings. The minimum atomic E-state index is 1.05. The van der Waals surface area contributed by atoms with E-state index in [0.717, 1.165) is 24.2 Å². The fourth-order valence-electron chi connectivity index (χ4n) is 1.47. The first-order valence-electron chi connectivity index (χ1n) is 6.31. The summed E-state index contributed by atoms with van der Waals surface area (Å²) in [5, 5.41) is 0. The molecule has 0 radical (unpaired) electrons. The van der Waals surface area contributed by atoms with Crippen LogP contribution < -0.4 is 0 Å². The maximum Gasteiger partial charge on any atom is 0.0663 e. The third-order valence-electron chi connectivity index (χ3n) is 2.28. The lowest BCUT2D eigenvalue weighted by Gasteiger charge is -2.05. The van der Waals surface area contributed by atoms with Gasteiger partial charge >= 0.3 is 0 Å². The van der Waals surface area contributed by atoms with E-state index in [0.29, 0.717) is 0 Å². The third kappa shape index (κ3) is 4.61. The lowest BCUT2D eigenvalue weighted by Crippen LogP contribution is -1.88. The van der Waals surface area contributed by atoms with Crippen LogP contribution in [-0.2, 0) is 12.8 Å². The predicted octanol–water partition coefficient (Wildman–Crippen LogP) is 4.95. The highest BCUT2D eigenvalue weighted by Crippen LogP contribution is 2.22. The van der Waals surface area contributed by atoms with E-state index in [1.807, 2.05) is 27.7 Å². The third-order valence-corrected chi connectivity index (χ3v) is 2.28. The van der Waals surface area contributed by atoms with Gasteiger partial charge in [0.15, 0.2) is 0 Å². The Morgan fingerprint density at radius 1 is 1.06 bits per heavy atom. The molecular weight excluding hydrogens is 194 g/mol. The summed E-state index contributed by atoms with van der Waals surface area (Å²) >= 11 is 0. The number of aliphatic imine (C=N–C) groups is 1. The van der Waals surface area contributed by atoms with Crippen LogP contribution in [-0.4, -0.2) is 5.71 Å². The van der Waals surface area contributed by atoms with Crippen LogP contribution in [0.15, 0.2) is 23.2 Å². The molecule has 0 bridgehead atoms. The van der Waals surface area contributed by atoms with E-state index in [1.54, 1.807) is 0 Å². The number of hydrogen-bond acceptors (Lipinski definition) is 1. The van der Waals surface area contributed by atoms with Gasteiger partial charge in [-0.2, -0.15) is 0 Å². The van der Waals surface area contributed by atoms with E-state index in [9.17, 15) is 0 Å². The molecule has 0 aliphatic carbocycles. The second kappa shape index (κ2) is 8.09. The highest BCUT2D eigenvalue weighted by atomic mass is 14.7. The zero-order valence-corrected chi connectivity index (χ0v) is 11.6. The van der Waals surface area contributed by atoms with Crippen LogP contribution in [0.5, 0.6) is 0 Å². The smallest absolute Gasteiger partial charge is 0.0663 e. The molecule has 0 spiro atoms. The molecule has 0 saturated carbocycles. The topological polar surface area (TPSA) is 12.4 Å². The zero-order valence-electron chi connectivity index (χ0n) is 11.6. The minimum Gasteiger partial charge on any atom is -0.258 e. The van der Waals surface area contributed by atoms with E-state index >= 15 is 0 Å². The summed E-state index contributed by atoms with van der Waals surface area (Å²) in [5.41, 5.74) is 4.96. The fourth-order valence-corrected chi connectivity index (χ4v) is 1.47. The Morgan fingerprint density at radius 3 is 2.12 bits per heavy atom. The van der Waals surface area contributed by atoms with Crippen molar-refractivity contribution in [1.29, 1.82) is 0 Å². The van der Waals surface area contributed by atoms with Crippen LogP contribution in [0.3, 0.4) is 0 Å². The molecule has 1 aromatic carbocycles. The summed E-state index contributed by atoms with van der Waals surface area (Å²) in [6, 6.07) is 6.59. The molecular formula is C15H25N. The van der Waals surface area contributed by atoms with Gasteiger partial charge in [0.05, 0.1) is 5.69 Å². The molecule has 0 amide bonds. The predicted molar refractivity (Wildman–Crippen MR) is 75.0 cm³/mol. The number of benzene rings is 1. The Bertz CT molecular complexity index is 333. The van der Waals surface area contributed by atoms with Gasteiger partial charge < -0.3 is 0 Å². The number of nitrogens with zero attached hydrogens (tertiary/aromatic N) is 1. The number of rotatable bonds is 3. The van der Waals surface area contributed by atoms with Gasteiger partial charge in [0, 0.05) is 5.71 Å². The Hall–Kier alpha value is -1.11. The zero-order chi connectivity index (χ0) is 12.6. The summed E-state index contributed by atoms with van der Waals surface area (Å²) < 4.78 is 0. The van der Waals surface area contributed by atoms with E-state index in [-0.39, 0.29) is 0 Å². The van der Waals surface area contributed by atoms with Crippen molar-refractivity contribution in [3.8, 4) is 0 Å². The Balaban J connectivity index is 0.00000106. The maximum atomic E-state index is 4.56. The van der Waals surface area contributed by atoms with E-state index in [2.05, 4.69) is 37.0 Å². The quantitative estimate of drug-likeness (QED) is 0.638. The van der Waals surface area contributed by atoms with Crippen LogP contribution in [0.1, 0.15) is 52.7 Å². The summed E-state index contributed by atoms with van der Waals surface area (Å²) in [7, 11) is 0. The van der Waals surface area contributed by atoms with Crippen molar-refractivity contribution in [2.45, 2.75) is 54.4 Å². The Morgan fingerprint density at radius 2 is 1.69 bits per heavy atom. The summed E-state index contributed by atoms with van der Waals surface area (Å²) in [6.45, 7) is 12.4. The molecule has 0 heterocycles. The van der Waals surface area contributed by atoms with Crippen molar-refractivity contribution in [2.24, 2.45) is 4.99 Å². The van der Waals surface area contributed by atoms with Crippen LogP contribution in [0, 0.1) is 0 Å². The van der Waals surface area contributed by atoms with Crippen molar-refractivity contribution in [1.82, 2.24) is 0 Å². The van der Waals surface area contributed by atoms with Crippen molar-refractivity contribution in [3.05, 3.63) is 29.3 Å². The normalized spacial score (nSPS) is 9.12. The number of aryl methyl sites for hydroxylation is 2. The molecule has 0 N–H and O–H groups in total. The molecule has 0 atom stereocenters. The molecule has 1 nitrogen and oxygen atoms in total. The lowest BCUT2D eigenvalue weighted by molar-refractivity contribution is 1.09. The second-order valence-corrected chi connectivity index (χ2v) is 3.73. The van der Waals surface area contributed by atoms with Crippen LogP contribution in [0.2, 0.25) is 0 Å². The first kappa shape index (κ1) is 14.9. The molecule has 1 aromatic rings. The SMILES string of the molecule is CC.CCc1ccc(CC)c(N=C(C)C)c1. The molecule has 90 valence electrons. The highest BCUT2D eigenvalue weighted by Gasteiger charge is 2.00. The van der Waals surface area contributed by atoms with Gasteiger partial charge in [-0.15, -0.1) is 0 Å². The molecule has 0 aromatic heterocycles. The van der Waals surface area contributed by atoms with Gasteiger partial charge in [0.1, 0.15) is 0 Å². The second-order valence-electron chi connectivity index (χ2n) is 3.73. The summed E-state index contributed by atoms with van der Waals surface area (Å²) in [5.74, 6) is 0. The lowest BCUT2D eigenvalue weighted by atomic mass is 10.1. The van der Waals surface area contributed by atoms with Gasteiger partial charge in [-0.25, -0.2) is 0 Å². The first-order valence-corrected chi connectivity index (χ1v) is 6.31. The fraction of sp³-hybridized carbons (Fsp3) is 0.533. The molecule has 1 heteroatoms. The minimum absolute atomic E-state index is 1.05. The van der Waals surface area contributed by atoms with Gasteiger partial charge in [0.25, 0.3) is 0 Å². The highest BCUT2D eigenvalue weighted by molar-refractivity contribution is 5.82. The summed E-state index contributed by atoms with van der Waals surface area (Å²) in [4.78, 5) is 4.56. The van der Waals surface area contributed by atoms with Crippen molar-refractivity contribution >= 4 is 11.4 Å². The average Bonchev–Trinajstić information content (AvgIpc) is 2.31. The molecule has 0 unspecified atom stereocenters. The number of hydrogen-bond donors (Lipinski definition) is 0. The molecule has 0 saturated heterocycles. The van der Waals surface area contributed by atoms with E-state index < -0.39 is 0 Å². The molecule has 1 rings (SSSR count). The maximum absolute atomic E-state index is 4.56. The van der Waals surface area contributed by atoms with Crippen molar-refractivity contribution < 1.29 is 0 Å². The van der Waals surface area contributed by atoms with Gasteiger partial charge in [-0.05, 0) is 43.9 Å². The van der Waals surface area contributed by atoms with Crippen molar-refractivity contribution in [2.75, 3.05) is 0 Å².